The van der Waals surface area contributed by atoms with Crippen molar-refractivity contribution in [3.8, 4) is 11.5 Å². The minimum atomic E-state index is -0.00381. The lowest BCUT2D eigenvalue weighted by Gasteiger charge is -2.06. The van der Waals surface area contributed by atoms with Crippen molar-refractivity contribution in [3.63, 3.8) is 0 Å². The molecule has 15 heavy (non-hydrogen) atoms. The van der Waals surface area contributed by atoms with E-state index >= 15 is 0 Å². The summed E-state index contributed by atoms with van der Waals surface area (Å²) >= 11 is 0. The van der Waals surface area contributed by atoms with E-state index in [1.807, 2.05) is 0 Å². The Kier molecular flexibility index (Phi) is 4.47. The summed E-state index contributed by atoms with van der Waals surface area (Å²) in [6, 6.07) is 6.77. The van der Waals surface area contributed by atoms with Gasteiger partial charge in [0.1, 0.15) is 0 Å². The monoisotopic (exact) mass is 209 g/mol. The predicted molar refractivity (Wildman–Crippen MR) is 56.9 cm³/mol. The first-order valence-corrected chi connectivity index (χ1v) is 4.85. The second kappa shape index (κ2) is 5.90. The van der Waals surface area contributed by atoms with Crippen LogP contribution >= 0.6 is 0 Å². The second-order valence-corrected chi connectivity index (χ2v) is 3.09. The van der Waals surface area contributed by atoms with Crippen molar-refractivity contribution < 1.29 is 14.6 Å². The molecule has 1 amide bonds. The smallest absolute Gasteiger partial charge is 0.219 e. The first kappa shape index (κ1) is 11.4. The molecular formula is C11H15NO3. The van der Waals surface area contributed by atoms with Gasteiger partial charge in [-0.25, -0.2) is 0 Å². The number of benzene rings is 1. The highest BCUT2D eigenvalue weighted by molar-refractivity contribution is 5.75. The van der Waals surface area contributed by atoms with E-state index in [4.69, 9.17) is 4.74 Å². The van der Waals surface area contributed by atoms with Crippen molar-refractivity contribution >= 4 is 5.91 Å². The Hall–Kier alpha value is -1.71. The molecule has 4 heteroatoms. The molecule has 0 saturated carbocycles. The Bertz CT molecular complexity index is 325. The molecule has 0 fully saturated rings. The van der Waals surface area contributed by atoms with Gasteiger partial charge in [-0.1, -0.05) is 12.1 Å². The van der Waals surface area contributed by atoms with Crippen LogP contribution in [-0.2, 0) is 4.79 Å². The van der Waals surface area contributed by atoms with Gasteiger partial charge in [-0.3, -0.25) is 4.79 Å². The number of carbonyl (C=O) groups excluding carboxylic acids is 1. The Balaban J connectivity index is 2.26. The van der Waals surface area contributed by atoms with Gasteiger partial charge in [0.25, 0.3) is 0 Å². The van der Waals surface area contributed by atoms with Crippen molar-refractivity contribution in [2.45, 2.75) is 12.8 Å². The highest BCUT2D eigenvalue weighted by Crippen LogP contribution is 2.24. The number of rotatable bonds is 5. The fourth-order valence-corrected chi connectivity index (χ4v) is 1.12. The second-order valence-electron chi connectivity index (χ2n) is 3.09. The van der Waals surface area contributed by atoms with Gasteiger partial charge < -0.3 is 15.2 Å². The number of phenols is 1. The summed E-state index contributed by atoms with van der Waals surface area (Å²) in [5.41, 5.74) is 0. The minimum Gasteiger partial charge on any atom is -0.504 e. The van der Waals surface area contributed by atoms with Crippen molar-refractivity contribution in [1.29, 1.82) is 0 Å². The third-order valence-electron chi connectivity index (χ3n) is 1.95. The normalized spacial score (nSPS) is 9.67. The molecule has 4 nitrogen and oxygen atoms in total. The van der Waals surface area contributed by atoms with Crippen LogP contribution in [0.1, 0.15) is 12.8 Å². The third-order valence-corrected chi connectivity index (χ3v) is 1.95. The van der Waals surface area contributed by atoms with Gasteiger partial charge >= 0.3 is 0 Å². The summed E-state index contributed by atoms with van der Waals surface area (Å²) in [6.07, 6.45) is 1.07. The number of aromatic hydroxyl groups is 1. The first-order valence-electron chi connectivity index (χ1n) is 4.85. The number of hydrogen-bond donors (Lipinski definition) is 2. The molecule has 1 aromatic rings. The zero-order valence-corrected chi connectivity index (χ0v) is 8.69. The molecule has 0 saturated heterocycles. The molecule has 82 valence electrons. The highest BCUT2D eigenvalue weighted by Gasteiger charge is 2.01. The molecule has 0 aliphatic rings. The van der Waals surface area contributed by atoms with Crippen molar-refractivity contribution in [3.05, 3.63) is 24.3 Å². The number of nitrogens with one attached hydrogen (secondary N) is 1. The number of hydrogen-bond acceptors (Lipinski definition) is 3. The van der Waals surface area contributed by atoms with Crippen molar-refractivity contribution in [1.82, 2.24) is 5.32 Å². The summed E-state index contributed by atoms with van der Waals surface area (Å²) in [5.74, 6) is 0.572. The average Bonchev–Trinajstić information content (AvgIpc) is 2.26. The van der Waals surface area contributed by atoms with E-state index in [0.717, 1.165) is 0 Å². The Morgan fingerprint density at radius 1 is 1.47 bits per heavy atom. The molecule has 0 aromatic heterocycles. The number of phenolic OH excluding ortho intramolecular Hbond substituents is 1. The quantitative estimate of drug-likeness (QED) is 0.718. The molecule has 0 aliphatic heterocycles. The standard InChI is InChI=1S/C11H15NO3/c1-12-11(14)7-4-8-15-10-6-3-2-5-9(10)13/h2-3,5-6,13H,4,7-8H2,1H3,(H,12,14). The van der Waals surface area contributed by atoms with Crippen LogP contribution in [0.25, 0.3) is 0 Å². The van der Waals surface area contributed by atoms with Gasteiger partial charge in [0.15, 0.2) is 11.5 Å². The molecule has 0 unspecified atom stereocenters. The van der Waals surface area contributed by atoms with Crippen LogP contribution in [0.3, 0.4) is 0 Å². The Morgan fingerprint density at radius 3 is 2.87 bits per heavy atom. The van der Waals surface area contributed by atoms with E-state index in [2.05, 4.69) is 5.32 Å². The number of carbonyl (C=O) groups is 1. The van der Waals surface area contributed by atoms with Gasteiger partial charge in [0.05, 0.1) is 6.61 Å². The Morgan fingerprint density at radius 2 is 2.20 bits per heavy atom. The van der Waals surface area contributed by atoms with Crippen LogP contribution in [0.4, 0.5) is 0 Å². The summed E-state index contributed by atoms with van der Waals surface area (Å²) < 4.78 is 5.30. The van der Waals surface area contributed by atoms with Gasteiger partial charge in [-0.2, -0.15) is 0 Å². The third kappa shape index (κ3) is 3.89. The fraction of sp³-hybridized carbons (Fsp3) is 0.364. The SMILES string of the molecule is CNC(=O)CCCOc1ccccc1O. The summed E-state index contributed by atoms with van der Waals surface area (Å²) in [5, 5.41) is 11.9. The lowest BCUT2D eigenvalue weighted by Crippen LogP contribution is -2.18. The van der Waals surface area contributed by atoms with Gasteiger partial charge in [0.2, 0.25) is 5.91 Å². The topological polar surface area (TPSA) is 58.6 Å². The molecule has 2 N–H and O–H groups in total. The van der Waals surface area contributed by atoms with Crippen LogP contribution in [-0.4, -0.2) is 24.7 Å². The van der Waals surface area contributed by atoms with E-state index in [-0.39, 0.29) is 11.7 Å². The maximum absolute atomic E-state index is 10.9. The van der Waals surface area contributed by atoms with Crippen LogP contribution in [0.15, 0.2) is 24.3 Å². The van der Waals surface area contributed by atoms with Crippen molar-refractivity contribution in [2.75, 3.05) is 13.7 Å². The van der Waals surface area contributed by atoms with E-state index in [0.29, 0.717) is 25.2 Å². The Labute approximate surface area is 88.9 Å². The van der Waals surface area contributed by atoms with Crippen LogP contribution < -0.4 is 10.1 Å². The minimum absolute atomic E-state index is 0.00381. The summed E-state index contributed by atoms with van der Waals surface area (Å²) in [7, 11) is 1.60. The van der Waals surface area contributed by atoms with E-state index in [9.17, 15) is 9.90 Å². The average molecular weight is 209 g/mol. The highest BCUT2D eigenvalue weighted by atomic mass is 16.5. The largest absolute Gasteiger partial charge is 0.504 e. The predicted octanol–water partition coefficient (Wildman–Crippen LogP) is 1.30. The zero-order valence-electron chi connectivity index (χ0n) is 8.69. The molecule has 0 aliphatic carbocycles. The first-order chi connectivity index (χ1) is 7.24. The van der Waals surface area contributed by atoms with Crippen LogP contribution in [0.5, 0.6) is 11.5 Å². The zero-order chi connectivity index (χ0) is 11.1. The van der Waals surface area contributed by atoms with Crippen LogP contribution in [0, 0.1) is 0 Å². The molecule has 0 bridgehead atoms. The van der Waals surface area contributed by atoms with Gasteiger partial charge in [-0.05, 0) is 18.6 Å². The van der Waals surface area contributed by atoms with Gasteiger partial charge in [-0.15, -0.1) is 0 Å². The maximum atomic E-state index is 10.9. The van der Waals surface area contributed by atoms with E-state index in [1.165, 1.54) is 0 Å². The van der Waals surface area contributed by atoms with Crippen LogP contribution in [0.2, 0.25) is 0 Å². The number of amides is 1. The van der Waals surface area contributed by atoms with E-state index < -0.39 is 0 Å². The molecule has 0 atom stereocenters. The molecule has 0 radical (unpaired) electrons. The molecule has 1 aromatic carbocycles. The number of para-hydroxylation sites is 2. The molecule has 0 heterocycles. The summed E-state index contributed by atoms with van der Waals surface area (Å²) in [6.45, 7) is 0.422. The lowest BCUT2D eigenvalue weighted by molar-refractivity contribution is -0.120. The lowest BCUT2D eigenvalue weighted by atomic mass is 10.3. The molecule has 0 spiro atoms. The number of ether oxygens (including phenoxy) is 1. The molecular weight excluding hydrogens is 194 g/mol. The molecule has 1 rings (SSSR count). The summed E-state index contributed by atoms with van der Waals surface area (Å²) in [4.78, 5) is 10.9. The maximum Gasteiger partial charge on any atom is 0.219 e. The van der Waals surface area contributed by atoms with Crippen molar-refractivity contribution in [2.24, 2.45) is 0 Å². The fourth-order valence-electron chi connectivity index (χ4n) is 1.12. The van der Waals surface area contributed by atoms with Gasteiger partial charge in [0, 0.05) is 13.5 Å². The van der Waals surface area contributed by atoms with E-state index in [1.54, 1.807) is 31.3 Å².